The van der Waals surface area contributed by atoms with Crippen LogP contribution in [0.5, 0.6) is 0 Å². The van der Waals surface area contributed by atoms with Gasteiger partial charge < -0.3 is 19.9 Å². The largest absolute Gasteiger partial charge is 0.378 e. The molecule has 8 heteroatoms. The third-order valence-electron chi connectivity index (χ3n) is 5.50. The number of aryl methyl sites for hydroxylation is 2. The Balaban J connectivity index is 1.38. The van der Waals surface area contributed by atoms with Gasteiger partial charge in [-0.25, -0.2) is 9.97 Å². The molecule has 2 aliphatic heterocycles. The average Bonchev–Trinajstić information content (AvgIpc) is 3.13. The molecule has 3 heterocycles. The van der Waals surface area contributed by atoms with Crippen molar-refractivity contribution in [2.75, 3.05) is 48.0 Å². The van der Waals surface area contributed by atoms with E-state index in [4.69, 9.17) is 4.74 Å². The number of rotatable bonds is 4. The molecule has 2 aliphatic rings. The number of carbonyl (C=O) groups excluding carboxylic acids is 2. The summed E-state index contributed by atoms with van der Waals surface area (Å²) in [5.74, 6) is 0.00557. The summed E-state index contributed by atoms with van der Waals surface area (Å²) in [6.07, 6.45) is 3.41. The van der Waals surface area contributed by atoms with Crippen LogP contribution in [0.4, 0.5) is 17.3 Å². The predicted octanol–water partition coefficient (Wildman–Crippen LogP) is 1.92. The Morgan fingerprint density at radius 1 is 1.14 bits per heavy atom. The number of hydrogen-bond acceptors (Lipinski definition) is 6. The van der Waals surface area contributed by atoms with Gasteiger partial charge in [-0.05, 0) is 37.1 Å². The van der Waals surface area contributed by atoms with Gasteiger partial charge in [-0.2, -0.15) is 0 Å². The maximum absolute atomic E-state index is 12.7. The lowest BCUT2D eigenvalue weighted by Gasteiger charge is -2.26. The van der Waals surface area contributed by atoms with Crippen LogP contribution in [-0.2, 0) is 14.3 Å². The number of benzene rings is 1. The van der Waals surface area contributed by atoms with Crippen molar-refractivity contribution in [2.24, 2.45) is 5.92 Å². The highest BCUT2D eigenvalue weighted by Crippen LogP contribution is 2.27. The summed E-state index contributed by atoms with van der Waals surface area (Å²) in [5, 5.41) is 2.84. The Labute approximate surface area is 169 Å². The van der Waals surface area contributed by atoms with Crippen LogP contribution in [-0.4, -0.2) is 54.6 Å². The van der Waals surface area contributed by atoms with Crippen molar-refractivity contribution in [3.63, 3.8) is 0 Å². The number of nitrogens with zero attached hydrogens (tertiary/aromatic N) is 4. The maximum atomic E-state index is 12.7. The summed E-state index contributed by atoms with van der Waals surface area (Å²) in [6.45, 7) is 7.26. The van der Waals surface area contributed by atoms with Crippen LogP contribution in [0.1, 0.15) is 17.5 Å². The molecule has 8 nitrogen and oxygen atoms in total. The summed E-state index contributed by atoms with van der Waals surface area (Å²) < 4.78 is 5.33. The van der Waals surface area contributed by atoms with E-state index >= 15 is 0 Å². The zero-order chi connectivity index (χ0) is 20.4. The Hall–Kier alpha value is -3.00. The minimum absolute atomic E-state index is 0.0349. The van der Waals surface area contributed by atoms with Gasteiger partial charge in [0.2, 0.25) is 17.8 Å². The topological polar surface area (TPSA) is 87.7 Å². The lowest BCUT2D eigenvalue weighted by Crippen LogP contribution is -2.37. The molecule has 1 aromatic heterocycles. The molecule has 4 rings (SSSR count). The number of morpholine rings is 1. The Bertz CT molecular complexity index is 909. The summed E-state index contributed by atoms with van der Waals surface area (Å²) in [5.41, 5.74) is 3.67. The summed E-state index contributed by atoms with van der Waals surface area (Å²) in [4.78, 5) is 37.6. The number of carbonyl (C=O) groups is 2. The zero-order valence-electron chi connectivity index (χ0n) is 16.7. The van der Waals surface area contributed by atoms with E-state index in [-0.39, 0.29) is 18.2 Å². The molecule has 152 valence electrons. The molecular formula is C21H25N5O3. The minimum Gasteiger partial charge on any atom is -0.378 e. The molecule has 0 bridgehead atoms. The van der Waals surface area contributed by atoms with Gasteiger partial charge in [0, 0.05) is 31.7 Å². The van der Waals surface area contributed by atoms with Crippen molar-refractivity contribution in [2.45, 2.75) is 20.3 Å². The van der Waals surface area contributed by atoms with Crippen molar-refractivity contribution < 1.29 is 14.3 Å². The van der Waals surface area contributed by atoms with Crippen LogP contribution in [0.2, 0.25) is 0 Å². The van der Waals surface area contributed by atoms with Crippen molar-refractivity contribution >= 4 is 29.1 Å². The molecule has 1 aromatic carbocycles. The quantitative estimate of drug-likeness (QED) is 0.851. The average molecular weight is 395 g/mol. The van der Waals surface area contributed by atoms with Gasteiger partial charge in [0.15, 0.2) is 0 Å². The second-order valence-corrected chi connectivity index (χ2v) is 7.53. The van der Waals surface area contributed by atoms with E-state index < -0.39 is 5.92 Å². The number of amides is 2. The highest BCUT2D eigenvalue weighted by atomic mass is 16.5. The van der Waals surface area contributed by atoms with Gasteiger partial charge in [0.1, 0.15) is 0 Å². The van der Waals surface area contributed by atoms with Crippen LogP contribution >= 0.6 is 0 Å². The molecule has 2 amide bonds. The van der Waals surface area contributed by atoms with Crippen LogP contribution < -0.4 is 15.1 Å². The molecule has 2 aromatic rings. The molecular weight excluding hydrogens is 370 g/mol. The first-order valence-corrected chi connectivity index (χ1v) is 9.84. The summed E-state index contributed by atoms with van der Waals surface area (Å²) >= 11 is 0. The molecule has 1 N–H and O–H groups in total. The third-order valence-corrected chi connectivity index (χ3v) is 5.50. The smallest absolute Gasteiger partial charge is 0.229 e. The van der Waals surface area contributed by atoms with E-state index in [0.717, 1.165) is 24.3 Å². The molecule has 0 saturated carbocycles. The molecule has 0 radical (unpaired) electrons. The van der Waals surface area contributed by atoms with E-state index in [9.17, 15) is 9.59 Å². The van der Waals surface area contributed by atoms with Crippen molar-refractivity contribution in [3.8, 4) is 0 Å². The van der Waals surface area contributed by atoms with Crippen molar-refractivity contribution in [1.82, 2.24) is 9.97 Å². The van der Waals surface area contributed by atoms with E-state index in [1.54, 1.807) is 17.3 Å². The third kappa shape index (κ3) is 4.22. The molecule has 29 heavy (non-hydrogen) atoms. The minimum atomic E-state index is -0.400. The first kappa shape index (κ1) is 19.3. The fraction of sp³-hybridized carbons (Fsp3) is 0.429. The second-order valence-electron chi connectivity index (χ2n) is 7.53. The molecule has 1 unspecified atom stereocenters. The molecule has 1 atom stereocenters. The van der Waals surface area contributed by atoms with Gasteiger partial charge in [-0.3, -0.25) is 9.59 Å². The lowest BCUT2D eigenvalue weighted by molar-refractivity contribution is -0.122. The second kappa shape index (κ2) is 8.16. The first-order valence-electron chi connectivity index (χ1n) is 9.84. The summed E-state index contributed by atoms with van der Waals surface area (Å²) in [7, 11) is 0. The Morgan fingerprint density at radius 2 is 1.86 bits per heavy atom. The fourth-order valence-electron chi connectivity index (χ4n) is 3.58. The summed E-state index contributed by atoms with van der Waals surface area (Å²) in [6, 6.07) is 5.92. The first-order chi connectivity index (χ1) is 14.0. The molecule has 2 saturated heterocycles. The van der Waals surface area contributed by atoms with Crippen LogP contribution in [0.25, 0.3) is 0 Å². The highest BCUT2D eigenvalue weighted by molar-refractivity contribution is 6.03. The number of ether oxygens (including phenoxy) is 1. The lowest BCUT2D eigenvalue weighted by atomic mass is 10.1. The molecule has 0 spiro atoms. The highest BCUT2D eigenvalue weighted by Gasteiger charge is 2.35. The maximum Gasteiger partial charge on any atom is 0.229 e. The van der Waals surface area contributed by atoms with Gasteiger partial charge >= 0.3 is 0 Å². The van der Waals surface area contributed by atoms with Gasteiger partial charge in [0.25, 0.3) is 0 Å². The number of aromatic nitrogens is 2. The predicted molar refractivity (Wildman–Crippen MR) is 110 cm³/mol. The molecule has 0 aliphatic carbocycles. The van der Waals surface area contributed by atoms with E-state index in [1.807, 2.05) is 36.9 Å². The fourth-order valence-corrected chi connectivity index (χ4v) is 3.58. The van der Waals surface area contributed by atoms with Crippen LogP contribution in [0, 0.1) is 19.8 Å². The monoisotopic (exact) mass is 395 g/mol. The number of nitrogens with one attached hydrogen (secondary N) is 1. The standard InChI is InChI=1S/C21H25N5O3/c1-14-3-4-18(9-15(14)2)26-13-16(10-19(26)27)20(28)24-17-11-22-21(23-12-17)25-5-7-29-8-6-25/h3-4,9,11-12,16H,5-8,10,13H2,1-2H3,(H,24,28). The van der Waals surface area contributed by atoms with Gasteiger partial charge in [-0.15, -0.1) is 0 Å². The van der Waals surface area contributed by atoms with Crippen LogP contribution in [0.15, 0.2) is 30.6 Å². The van der Waals surface area contributed by atoms with Gasteiger partial charge in [-0.1, -0.05) is 6.07 Å². The van der Waals surface area contributed by atoms with Crippen molar-refractivity contribution in [3.05, 3.63) is 41.7 Å². The van der Waals surface area contributed by atoms with Gasteiger partial charge in [0.05, 0.1) is 37.2 Å². The van der Waals surface area contributed by atoms with Crippen LogP contribution in [0.3, 0.4) is 0 Å². The van der Waals surface area contributed by atoms with E-state index in [2.05, 4.69) is 15.3 Å². The molecule has 2 fully saturated rings. The number of anilines is 3. The van der Waals surface area contributed by atoms with E-state index in [0.29, 0.717) is 31.4 Å². The Morgan fingerprint density at radius 3 is 2.55 bits per heavy atom. The SMILES string of the molecule is Cc1ccc(N2CC(C(=O)Nc3cnc(N4CCOCC4)nc3)CC2=O)cc1C. The number of hydrogen-bond donors (Lipinski definition) is 1. The van der Waals surface area contributed by atoms with Crippen molar-refractivity contribution in [1.29, 1.82) is 0 Å². The zero-order valence-corrected chi connectivity index (χ0v) is 16.7. The Kier molecular flexibility index (Phi) is 5.44. The van der Waals surface area contributed by atoms with E-state index in [1.165, 1.54) is 5.56 Å². The normalized spacial score (nSPS) is 19.5.